The first-order chi connectivity index (χ1) is 26.7. The maximum Gasteiger partial charge on any atom is 0.421 e. The second-order valence-electron chi connectivity index (χ2n) is 15.9. The molecule has 4 fully saturated rings. The van der Waals surface area contributed by atoms with Crippen LogP contribution in [-0.4, -0.2) is 79.0 Å². The van der Waals surface area contributed by atoms with Gasteiger partial charge in [0.2, 0.25) is 17.8 Å². The van der Waals surface area contributed by atoms with Gasteiger partial charge in [-0.2, -0.15) is 18.2 Å². The topological polar surface area (TPSA) is 106 Å². The van der Waals surface area contributed by atoms with E-state index in [4.69, 9.17) is 0 Å². The van der Waals surface area contributed by atoms with Crippen LogP contribution in [0.3, 0.4) is 0 Å². The van der Waals surface area contributed by atoms with Crippen LogP contribution in [0, 0.1) is 24.6 Å². The molecule has 2 unspecified atom stereocenters. The highest BCUT2D eigenvalue weighted by atomic mass is 32.2. The summed E-state index contributed by atoms with van der Waals surface area (Å²) in [5.41, 5.74) is 2.22. The zero-order valence-corrected chi connectivity index (χ0v) is 33.5. The number of piperazine rings is 1. The van der Waals surface area contributed by atoms with Crippen molar-refractivity contribution >= 4 is 46.9 Å². The van der Waals surface area contributed by atoms with Crippen LogP contribution in [0.1, 0.15) is 87.8 Å². The number of nitrogens with zero attached hydrogens (tertiary/aromatic N) is 5. The molecule has 10 nitrogen and oxygen atoms in total. The third-order valence-corrected chi connectivity index (χ3v) is 12.2. The Morgan fingerprint density at radius 1 is 0.893 bits per heavy atom. The normalized spacial score (nSPS) is 23.6. The lowest BCUT2D eigenvalue weighted by Gasteiger charge is -2.34. The van der Waals surface area contributed by atoms with Crippen LogP contribution >= 0.6 is 11.9 Å². The standard InChI is InChI=1S/C25H34F3N5S.C16H20FN3O2/c1-16-6-8-19(9-7-16)32-34-20-10-11-22(18(3)13-20)30-24-29-14-21(25(26,27)28)23(31-24)33-12-4-5-17(2)15-33;1-19-6-8-20(9-7-19)14-4-2-11(10-13(14)17)12-3-5-15(21)18-16(12)22/h10-11,13-14,16-17,19,32H,4-9,12,15H2,1-3H3,(H,29,30,31);2,4,10,12H,3,5-9H2,1H3,(H,18,21,22). The van der Waals surface area contributed by atoms with Crippen molar-refractivity contribution in [2.75, 3.05) is 61.4 Å². The van der Waals surface area contributed by atoms with Crippen molar-refractivity contribution in [1.29, 1.82) is 0 Å². The molecule has 1 saturated carbocycles. The highest BCUT2D eigenvalue weighted by Crippen LogP contribution is 2.38. The molecule has 0 radical (unpaired) electrons. The summed E-state index contributed by atoms with van der Waals surface area (Å²) in [5, 5.41) is 5.45. The number of hydrogen-bond acceptors (Lipinski definition) is 10. The molecule has 304 valence electrons. The van der Waals surface area contributed by atoms with Gasteiger partial charge in [-0.25, -0.2) is 9.37 Å². The van der Waals surface area contributed by atoms with Crippen molar-refractivity contribution < 1.29 is 27.2 Å². The minimum atomic E-state index is -4.49. The molecule has 3 aromatic rings. The summed E-state index contributed by atoms with van der Waals surface area (Å²) in [6.45, 7) is 10.9. The molecule has 2 amide bonds. The molecule has 7 rings (SSSR count). The van der Waals surface area contributed by atoms with Crippen LogP contribution in [0.5, 0.6) is 0 Å². The molecule has 3 aliphatic heterocycles. The summed E-state index contributed by atoms with van der Waals surface area (Å²) < 4.78 is 59.0. The van der Waals surface area contributed by atoms with Crippen LogP contribution in [0.25, 0.3) is 0 Å². The number of carbonyl (C=O) groups excluding carboxylic acids is 2. The average Bonchev–Trinajstić information content (AvgIpc) is 3.16. The Morgan fingerprint density at radius 3 is 2.30 bits per heavy atom. The summed E-state index contributed by atoms with van der Waals surface area (Å²) in [6, 6.07) is 11.5. The molecule has 1 aliphatic carbocycles. The number of carbonyl (C=O) groups is 2. The third-order valence-electron chi connectivity index (χ3n) is 11.3. The number of piperidine rings is 2. The Labute approximate surface area is 331 Å². The number of imide groups is 1. The smallest absolute Gasteiger partial charge is 0.367 e. The van der Waals surface area contributed by atoms with Gasteiger partial charge in [-0.3, -0.25) is 19.6 Å². The first-order valence-corrected chi connectivity index (χ1v) is 20.6. The van der Waals surface area contributed by atoms with E-state index in [0.717, 1.165) is 67.3 Å². The summed E-state index contributed by atoms with van der Waals surface area (Å²) in [7, 11) is 2.06. The van der Waals surface area contributed by atoms with E-state index in [1.165, 1.54) is 31.7 Å². The van der Waals surface area contributed by atoms with Gasteiger partial charge in [0.15, 0.2) is 0 Å². The van der Waals surface area contributed by atoms with Crippen LogP contribution in [0.4, 0.5) is 40.7 Å². The second kappa shape index (κ2) is 18.5. The van der Waals surface area contributed by atoms with Crippen molar-refractivity contribution in [3.05, 3.63) is 65.1 Å². The van der Waals surface area contributed by atoms with Crippen molar-refractivity contribution in [3.8, 4) is 0 Å². The maximum absolute atomic E-state index is 14.4. The summed E-state index contributed by atoms with van der Waals surface area (Å²) in [5.74, 6) is -0.0214. The van der Waals surface area contributed by atoms with Gasteiger partial charge in [0.25, 0.3) is 0 Å². The summed E-state index contributed by atoms with van der Waals surface area (Å²) in [6.07, 6.45) is 3.98. The first kappa shape index (κ1) is 41.7. The first-order valence-electron chi connectivity index (χ1n) is 19.8. The predicted octanol–water partition coefficient (Wildman–Crippen LogP) is 8.06. The monoisotopic (exact) mass is 798 g/mol. The van der Waals surface area contributed by atoms with Gasteiger partial charge in [0.1, 0.15) is 17.2 Å². The van der Waals surface area contributed by atoms with E-state index < -0.39 is 17.7 Å². The SMILES string of the molecule is CN1CCN(c2ccc(C3CCC(=O)NC3=O)cc2F)CC1.Cc1cc(SNC2CCC(C)CC2)ccc1Nc1ncc(C(F)(F)F)c(N2CCCC(C)C2)n1. The van der Waals surface area contributed by atoms with Crippen LogP contribution in [0.15, 0.2) is 47.5 Å². The van der Waals surface area contributed by atoms with Gasteiger partial charge in [0, 0.05) is 68.5 Å². The molecule has 56 heavy (non-hydrogen) atoms. The van der Waals surface area contributed by atoms with E-state index in [1.807, 2.05) is 24.0 Å². The molecule has 0 spiro atoms. The zero-order chi connectivity index (χ0) is 40.0. The number of aryl methyl sites for hydroxylation is 1. The molecule has 3 N–H and O–H groups in total. The van der Waals surface area contributed by atoms with Crippen molar-refractivity contribution in [1.82, 2.24) is 24.9 Å². The Balaban J connectivity index is 0.000000208. The van der Waals surface area contributed by atoms with Crippen LogP contribution in [0.2, 0.25) is 0 Å². The quantitative estimate of drug-likeness (QED) is 0.118. The molecular weight excluding hydrogens is 745 g/mol. The summed E-state index contributed by atoms with van der Waals surface area (Å²) in [4.78, 5) is 38.5. The number of rotatable bonds is 8. The number of amides is 2. The van der Waals surface area contributed by atoms with Gasteiger partial charge < -0.3 is 20.0 Å². The molecule has 4 heterocycles. The number of hydrogen-bond donors (Lipinski definition) is 3. The van der Waals surface area contributed by atoms with Crippen LogP contribution < -0.4 is 25.2 Å². The number of likely N-dealkylation sites (N-methyl/N-ethyl adjacent to an activating group) is 1. The van der Waals surface area contributed by atoms with E-state index in [0.29, 0.717) is 49.1 Å². The average molecular weight is 799 g/mol. The fraction of sp³-hybridized carbons (Fsp3) is 0.561. The van der Waals surface area contributed by atoms with Gasteiger partial charge in [-0.1, -0.05) is 19.9 Å². The van der Waals surface area contributed by atoms with E-state index in [9.17, 15) is 27.2 Å². The van der Waals surface area contributed by atoms with Gasteiger partial charge in [0.05, 0.1) is 11.6 Å². The van der Waals surface area contributed by atoms with Crippen molar-refractivity contribution in [2.45, 2.75) is 95.2 Å². The number of nitrogens with one attached hydrogen (secondary N) is 3. The van der Waals surface area contributed by atoms with E-state index in [-0.39, 0.29) is 29.4 Å². The fourth-order valence-electron chi connectivity index (χ4n) is 7.80. The fourth-order valence-corrected chi connectivity index (χ4v) is 8.71. The molecule has 3 saturated heterocycles. The Bertz CT molecular complexity index is 1830. The number of aromatic nitrogens is 2. The molecule has 15 heteroatoms. The number of anilines is 4. The molecule has 1 aromatic heterocycles. The summed E-state index contributed by atoms with van der Waals surface area (Å²) >= 11 is 1.64. The lowest BCUT2D eigenvalue weighted by atomic mass is 9.88. The second-order valence-corrected chi connectivity index (χ2v) is 16.8. The molecular formula is C41H54F4N8O2S. The van der Waals surface area contributed by atoms with Gasteiger partial charge in [-0.15, -0.1) is 0 Å². The highest BCUT2D eigenvalue weighted by Gasteiger charge is 2.38. The largest absolute Gasteiger partial charge is 0.421 e. The Morgan fingerprint density at radius 2 is 1.64 bits per heavy atom. The van der Waals surface area contributed by atoms with Gasteiger partial charge in [-0.05, 0) is 124 Å². The molecule has 2 atom stereocenters. The van der Waals surface area contributed by atoms with E-state index in [2.05, 4.69) is 57.2 Å². The van der Waals surface area contributed by atoms with Gasteiger partial charge >= 0.3 is 6.18 Å². The predicted molar refractivity (Wildman–Crippen MR) is 214 cm³/mol. The Kier molecular flexibility index (Phi) is 13.8. The maximum atomic E-state index is 14.4. The minimum absolute atomic E-state index is 0.0348. The zero-order valence-electron chi connectivity index (χ0n) is 32.7. The lowest BCUT2D eigenvalue weighted by molar-refractivity contribution is -0.138. The van der Waals surface area contributed by atoms with E-state index in [1.54, 1.807) is 29.0 Å². The van der Waals surface area contributed by atoms with E-state index >= 15 is 0 Å². The van der Waals surface area contributed by atoms with Crippen LogP contribution in [-0.2, 0) is 15.8 Å². The molecule has 2 aromatic carbocycles. The minimum Gasteiger partial charge on any atom is -0.367 e. The highest BCUT2D eigenvalue weighted by molar-refractivity contribution is 7.97. The number of benzene rings is 2. The molecule has 4 aliphatic rings. The number of halogens is 4. The Hall–Kier alpha value is -3.95. The van der Waals surface area contributed by atoms with Crippen molar-refractivity contribution in [3.63, 3.8) is 0 Å². The van der Waals surface area contributed by atoms with Crippen molar-refractivity contribution in [2.24, 2.45) is 11.8 Å². The lowest BCUT2D eigenvalue weighted by Crippen LogP contribution is -2.44. The molecule has 0 bridgehead atoms. The third kappa shape index (κ3) is 10.9. The number of alkyl halides is 3.